The maximum atomic E-state index is 4.11. The quantitative estimate of drug-likeness (QED) is 0.898. The first-order chi connectivity index (χ1) is 8.39. The van der Waals surface area contributed by atoms with Gasteiger partial charge in [-0.25, -0.2) is 4.98 Å². The van der Waals surface area contributed by atoms with Crippen LogP contribution in [0.3, 0.4) is 0 Å². The monoisotopic (exact) mass is 245 g/mol. The highest BCUT2D eigenvalue weighted by Crippen LogP contribution is 2.38. The Labute approximate surface area is 105 Å². The largest absolute Gasteiger partial charge is 0.334 e. The SMILES string of the molecule is c1ccc(C2(Cn3ccnc3)NCCS2)cc1. The van der Waals surface area contributed by atoms with E-state index in [0.717, 1.165) is 18.8 Å². The molecule has 1 N–H and O–H groups in total. The fraction of sp³-hybridized carbons (Fsp3) is 0.308. The Balaban J connectivity index is 1.93. The topological polar surface area (TPSA) is 29.9 Å². The number of rotatable bonds is 3. The average Bonchev–Trinajstić information content (AvgIpc) is 3.03. The van der Waals surface area contributed by atoms with Crippen molar-refractivity contribution in [2.45, 2.75) is 11.4 Å². The van der Waals surface area contributed by atoms with Gasteiger partial charge in [-0.05, 0) is 5.56 Å². The van der Waals surface area contributed by atoms with Crippen LogP contribution in [-0.4, -0.2) is 21.8 Å². The van der Waals surface area contributed by atoms with Gasteiger partial charge in [-0.15, -0.1) is 11.8 Å². The first kappa shape index (κ1) is 10.9. The van der Waals surface area contributed by atoms with Crippen molar-refractivity contribution in [2.24, 2.45) is 0 Å². The van der Waals surface area contributed by atoms with Gasteiger partial charge in [0.15, 0.2) is 0 Å². The second kappa shape index (κ2) is 4.55. The van der Waals surface area contributed by atoms with Crippen molar-refractivity contribution >= 4 is 11.8 Å². The van der Waals surface area contributed by atoms with Crippen molar-refractivity contribution in [3.05, 3.63) is 54.6 Å². The summed E-state index contributed by atoms with van der Waals surface area (Å²) in [6.45, 7) is 1.98. The second-order valence-electron chi connectivity index (χ2n) is 4.20. The van der Waals surface area contributed by atoms with Crippen molar-refractivity contribution < 1.29 is 0 Å². The molecular formula is C13H15N3S. The van der Waals surface area contributed by atoms with E-state index in [1.807, 2.05) is 30.5 Å². The van der Waals surface area contributed by atoms with E-state index in [1.54, 1.807) is 0 Å². The molecule has 88 valence electrons. The van der Waals surface area contributed by atoms with Crippen LogP contribution in [0.2, 0.25) is 0 Å². The van der Waals surface area contributed by atoms with Crippen LogP contribution in [0.4, 0.5) is 0 Å². The number of benzene rings is 1. The summed E-state index contributed by atoms with van der Waals surface area (Å²) in [5, 5.41) is 3.64. The molecule has 1 atom stereocenters. The third kappa shape index (κ3) is 2.10. The number of thioether (sulfide) groups is 1. The van der Waals surface area contributed by atoms with E-state index >= 15 is 0 Å². The normalized spacial score (nSPS) is 24.0. The Hall–Kier alpha value is -1.26. The molecule has 1 aliphatic rings. The summed E-state index contributed by atoms with van der Waals surface area (Å²) >= 11 is 1.98. The molecule has 1 saturated heterocycles. The lowest BCUT2D eigenvalue weighted by Gasteiger charge is -2.29. The molecule has 1 aromatic heterocycles. The minimum absolute atomic E-state index is 0.00194. The van der Waals surface area contributed by atoms with Gasteiger partial charge < -0.3 is 4.57 Å². The van der Waals surface area contributed by atoms with Gasteiger partial charge in [0.2, 0.25) is 0 Å². The lowest BCUT2D eigenvalue weighted by Crippen LogP contribution is -2.38. The molecule has 0 bridgehead atoms. The predicted molar refractivity (Wildman–Crippen MR) is 70.8 cm³/mol. The van der Waals surface area contributed by atoms with Gasteiger partial charge in [0.05, 0.1) is 12.9 Å². The molecule has 0 aliphatic carbocycles. The van der Waals surface area contributed by atoms with E-state index in [-0.39, 0.29) is 4.87 Å². The number of imidazole rings is 1. The summed E-state index contributed by atoms with van der Waals surface area (Å²) in [5.74, 6) is 1.16. The zero-order chi connectivity index (χ0) is 11.6. The predicted octanol–water partition coefficient (Wildman–Crippen LogP) is 2.07. The molecule has 3 nitrogen and oxygen atoms in total. The highest BCUT2D eigenvalue weighted by atomic mass is 32.2. The average molecular weight is 245 g/mol. The van der Waals surface area contributed by atoms with Gasteiger partial charge in [-0.3, -0.25) is 5.32 Å². The maximum absolute atomic E-state index is 4.11. The highest BCUT2D eigenvalue weighted by molar-refractivity contribution is 8.00. The van der Waals surface area contributed by atoms with E-state index in [9.17, 15) is 0 Å². The van der Waals surface area contributed by atoms with Crippen LogP contribution in [-0.2, 0) is 11.4 Å². The summed E-state index contributed by atoms with van der Waals surface area (Å²) in [5.41, 5.74) is 1.34. The van der Waals surface area contributed by atoms with E-state index in [1.165, 1.54) is 5.56 Å². The van der Waals surface area contributed by atoms with Crippen LogP contribution in [0.5, 0.6) is 0 Å². The summed E-state index contributed by atoms with van der Waals surface area (Å²) in [4.78, 5) is 4.12. The van der Waals surface area contributed by atoms with Gasteiger partial charge in [0.1, 0.15) is 4.87 Å². The Morgan fingerprint density at radius 3 is 2.88 bits per heavy atom. The van der Waals surface area contributed by atoms with Crippen molar-refractivity contribution in [2.75, 3.05) is 12.3 Å². The van der Waals surface area contributed by atoms with Gasteiger partial charge in [0, 0.05) is 24.7 Å². The van der Waals surface area contributed by atoms with Gasteiger partial charge in [0.25, 0.3) is 0 Å². The fourth-order valence-corrected chi connectivity index (χ4v) is 3.55. The van der Waals surface area contributed by atoms with Gasteiger partial charge in [-0.1, -0.05) is 30.3 Å². The first-order valence-electron chi connectivity index (χ1n) is 5.79. The van der Waals surface area contributed by atoms with Crippen LogP contribution >= 0.6 is 11.8 Å². The number of nitrogens with one attached hydrogen (secondary N) is 1. The minimum atomic E-state index is 0.00194. The minimum Gasteiger partial charge on any atom is -0.334 e. The third-order valence-corrected chi connectivity index (χ3v) is 4.48. The Morgan fingerprint density at radius 1 is 1.35 bits per heavy atom. The molecule has 0 spiro atoms. The molecule has 4 heteroatoms. The molecule has 3 rings (SSSR count). The van der Waals surface area contributed by atoms with Crippen molar-refractivity contribution in [3.63, 3.8) is 0 Å². The van der Waals surface area contributed by atoms with Crippen LogP contribution in [0.1, 0.15) is 5.56 Å². The maximum Gasteiger partial charge on any atom is 0.108 e. The van der Waals surface area contributed by atoms with Crippen LogP contribution in [0, 0.1) is 0 Å². The lowest BCUT2D eigenvalue weighted by atomic mass is 10.1. The summed E-state index contributed by atoms with van der Waals surface area (Å²) in [6, 6.07) is 10.7. The molecule has 1 aliphatic heterocycles. The van der Waals surface area contributed by atoms with E-state index in [4.69, 9.17) is 0 Å². The molecule has 0 saturated carbocycles. The van der Waals surface area contributed by atoms with Gasteiger partial charge in [-0.2, -0.15) is 0 Å². The number of hydrogen-bond donors (Lipinski definition) is 1. The molecule has 2 heterocycles. The van der Waals surface area contributed by atoms with Crippen LogP contribution in [0.15, 0.2) is 49.1 Å². The summed E-state index contributed by atoms with van der Waals surface area (Å²) < 4.78 is 2.14. The van der Waals surface area contributed by atoms with E-state index < -0.39 is 0 Å². The second-order valence-corrected chi connectivity index (χ2v) is 5.60. The summed E-state index contributed by atoms with van der Waals surface area (Å²) in [6.07, 6.45) is 5.73. The lowest BCUT2D eigenvalue weighted by molar-refractivity contribution is 0.447. The Kier molecular flexibility index (Phi) is 2.91. The standard InChI is InChI=1S/C13H15N3S/c1-2-4-12(5-3-1)13(15-7-9-17-13)10-16-8-6-14-11-16/h1-6,8,11,15H,7,9-10H2. The highest BCUT2D eigenvalue weighted by Gasteiger charge is 2.36. The fourth-order valence-electron chi connectivity index (χ4n) is 2.25. The molecule has 1 aromatic carbocycles. The van der Waals surface area contributed by atoms with E-state index in [0.29, 0.717) is 0 Å². The van der Waals surface area contributed by atoms with Crippen molar-refractivity contribution in [3.8, 4) is 0 Å². The van der Waals surface area contributed by atoms with Crippen LogP contribution < -0.4 is 5.32 Å². The van der Waals surface area contributed by atoms with Gasteiger partial charge >= 0.3 is 0 Å². The molecule has 0 radical (unpaired) electrons. The third-order valence-electron chi connectivity index (χ3n) is 3.07. The molecule has 0 amide bonds. The summed E-state index contributed by atoms with van der Waals surface area (Å²) in [7, 11) is 0. The number of hydrogen-bond acceptors (Lipinski definition) is 3. The molecular weight excluding hydrogens is 230 g/mol. The number of aromatic nitrogens is 2. The van der Waals surface area contributed by atoms with Crippen molar-refractivity contribution in [1.82, 2.24) is 14.9 Å². The molecule has 1 fully saturated rings. The van der Waals surface area contributed by atoms with Crippen molar-refractivity contribution in [1.29, 1.82) is 0 Å². The zero-order valence-corrected chi connectivity index (χ0v) is 10.4. The van der Waals surface area contributed by atoms with Crippen LogP contribution in [0.25, 0.3) is 0 Å². The van der Waals surface area contributed by atoms with E-state index in [2.05, 4.69) is 45.2 Å². The molecule has 17 heavy (non-hydrogen) atoms. The molecule has 1 unspecified atom stereocenters. The molecule has 2 aromatic rings. The number of nitrogens with zero attached hydrogens (tertiary/aromatic N) is 2. The Morgan fingerprint density at radius 2 is 2.24 bits per heavy atom. The zero-order valence-electron chi connectivity index (χ0n) is 9.54. The Bertz CT molecular complexity index is 461. The smallest absolute Gasteiger partial charge is 0.108 e. The first-order valence-corrected chi connectivity index (χ1v) is 6.78.